The van der Waals surface area contributed by atoms with Crippen LogP contribution in [-0.2, 0) is 19.4 Å². The first kappa shape index (κ1) is 19.2. The number of methoxy groups -OCH3 is 1. The number of allylic oxidation sites excluding steroid dienone is 2. The van der Waals surface area contributed by atoms with E-state index >= 15 is 0 Å². The van der Waals surface area contributed by atoms with Crippen molar-refractivity contribution in [2.45, 2.75) is 39.2 Å². The van der Waals surface area contributed by atoms with E-state index in [0.29, 0.717) is 35.0 Å². The van der Waals surface area contributed by atoms with Gasteiger partial charge in [0.25, 0.3) is 5.91 Å². The van der Waals surface area contributed by atoms with Crippen LogP contribution in [0.25, 0.3) is 0 Å². The van der Waals surface area contributed by atoms with Gasteiger partial charge in [-0.15, -0.1) is 0 Å². The summed E-state index contributed by atoms with van der Waals surface area (Å²) in [5.74, 6) is 0.274. The Labute approximate surface area is 164 Å². The highest BCUT2D eigenvalue weighted by molar-refractivity contribution is 6.31. The zero-order chi connectivity index (χ0) is 19.4. The normalized spacial score (nSPS) is 16.0. The van der Waals surface area contributed by atoms with Gasteiger partial charge in [0.05, 0.1) is 7.11 Å². The molecule has 6 heteroatoms. The molecule has 0 atom stereocenters. The van der Waals surface area contributed by atoms with Gasteiger partial charge in [0.15, 0.2) is 0 Å². The number of phenolic OH excluding ortho intramolecular Hbond substituents is 1. The molecule has 2 N–H and O–H groups in total. The molecule has 27 heavy (non-hydrogen) atoms. The summed E-state index contributed by atoms with van der Waals surface area (Å²) in [6.45, 7) is 2.23. The summed E-state index contributed by atoms with van der Waals surface area (Å²) in [6, 6.07) is 5.10. The lowest BCUT2D eigenvalue weighted by molar-refractivity contribution is 0.0949. The number of aryl methyl sites for hydroxylation is 2. The molecule has 1 amide bonds. The first-order valence-electron chi connectivity index (χ1n) is 8.97. The van der Waals surface area contributed by atoms with Gasteiger partial charge < -0.3 is 15.2 Å². The molecule has 2 heterocycles. The van der Waals surface area contributed by atoms with E-state index in [1.165, 1.54) is 6.07 Å². The fourth-order valence-electron chi connectivity index (χ4n) is 3.35. The van der Waals surface area contributed by atoms with Crippen molar-refractivity contribution < 1.29 is 14.6 Å². The Bertz CT molecular complexity index is 893. The number of hydrogen-bond acceptors (Lipinski definition) is 4. The summed E-state index contributed by atoms with van der Waals surface area (Å²) in [5.41, 5.74) is 3.85. The van der Waals surface area contributed by atoms with Gasteiger partial charge in [-0.05, 0) is 56.4 Å². The Hall–Kier alpha value is -2.53. The van der Waals surface area contributed by atoms with Crippen LogP contribution in [-0.4, -0.2) is 23.1 Å². The van der Waals surface area contributed by atoms with Crippen LogP contribution < -0.4 is 10.1 Å². The van der Waals surface area contributed by atoms with E-state index in [9.17, 15) is 9.90 Å². The van der Waals surface area contributed by atoms with E-state index < -0.39 is 0 Å². The van der Waals surface area contributed by atoms with E-state index in [1.54, 1.807) is 13.2 Å². The maximum absolute atomic E-state index is 12.8. The van der Waals surface area contributed by atoms with Crippen molar-refractivity contribution in [2.24, 2.45) is 0 Å². The Balaban J connectivity index is 2.02. The van der Waals surface area contributed by atoms with Gasteiger partial charge in [0.2, 0.25) is 5.88 Å². The molecule has 0 radical (unpaired) electrons. The number of nitrogens with one attached hydrogen (secondary N) is 1. The van der Waals surface area contributed by atoms with Crippen molar-refractivity contribution in [3.63, 3.8) is 0 Å². The largest absolute Gasteiger partial charge is 0.508 e. The molecule has 0 bridgehead atoms. The predicted molar refractivity (Wildman–Crippen MR) is 106 cm³/mol. The molecule has 0 saturated carbocycles. The minimum Gasteiger partial charge on any atom is -0.508 e. The summed E-state index contributed by atoms with van der Waals surface area (Å²) < 4.78 is 5.45. The summed E-state index contributed by atoms with van der Waals surface area (Å²) in [4.78, 5) is 17.3. The van der Waals surface area contributed by atoms with E-state index in [4.69, 9.17) is 16.3 Å². The quantitative estimate of drug-likeness (QED) is 0.723. The van der Waals surface area contributed by atoms with Crippen LogP contribution >= 0.6 is 11.6 Å². The lowest BCUT2D eigenvalue weighted by Crippen LogP contribution is -2.25. The summed E-state index contributed by atoms with van der Waals surface area (Å²) in [7, 11) is 1.58. The van der Waals surface area contributed by atoms with Gasteiger partial charge >= 0.3 is 0 Å². The molecular weight excluding hydrogens is 364 g/mol. The maximum Gasteiger partial charge on any atom is 0.252 e. The average molecular weight is 387 g/mol. The molecule has 5 nitrogen and oxygen atoms in total. The number of carbonyl (C=O) groups is 1. The molecule has 1 aliphatic heterocycles. The molecule has 0 saturated heterocycles. The number of hydrogen-bond donors (Lipinski definition) is 2. The second-order valence-corrected chi connectivity index (χ2v) is 7.05. The highest BCUT2D eigenvalue weighted by atomic mass is 35.5. The second kappa shape index (κ2) is 8.44. The lowest BCUT2D eigenvalue weighted by atomic mass is 10.0. The highest BCUT2D eigenvalue weighted by Gasteiger charge is 2.18. The van der Waals surface area contributed by atoms with E-state index in [0.717, 1.165) is 36.1 Å². The first-order chi connectivity index (χ1) is 13.0. The van der Waals surface area contributed by atoms with Crippen molar-refractivity contribution in [3.05, 3.63) is 63.3 Å². The number of carbonyl (C=O) groups excluding carboxylic acids is 1. The molecule has 0 aliphatic carbocycles. The van der Waals surface area contributed by atoms with E-state index in [1.807, 2.05) is 19.1 Å². The number of phenols is 1. The molecular formula is C21H23ClN2O3. The number of aromatic nitrogens is 1. The number of aromatic hydroxyl groups is 1. The van der Waals surface area contributed by atoms with Crippen LogP contribution in [0.1, 0.15) is 45.6 Å². The van der Waals surface area contributed by atoms with Gasteiger partial charge in [-0.25, -0.2) is 4.98 Å². The van der Waals surface area contributed by atoms with Gasteiger partial charge in [0.1, 0.15) is 5.75 Å². The third-order valence-electron chi connectivity index (χ3n) is 4.67. The van der Waals surface area contributed by atoms with Gasteiger partial charge in [-0.2, -0.15) is 0 Å². The molecule has 2 aromatic rings. The third kappa shape index (κ3) is 4.42. The standard InChI is InChI=1S/C21H23ClN2O3/c1-13-9-14-7-5-3-4-6-8-16-17(10-15(22)11-19(16)25)20(26)23-12-18(14)21(24-13)27-2/h4,6,9-11,25H,3,5,7-8,12H2,1-2H3,(H,23,26)/b6-4+. The number of nitrogens with zero attached hydrogens (tertiary/aromatic N) is 1. The molecule has 3 rings (SSSR count). The van der Waals surface area contributed by atoms with Crippen LogP contribution in [0.3, 0.4) is 0 Å². The summed E-state index contributed by atoms with van der Waals surface area (Å²) >= 11 is 6.06. The highest BCUT2D eigenvalue weighted by Crippen LogP contribution is 2.28. The number of rotatable bonds is 1. The smallest absolute Gasteiger partial charge is 0.252 e. The zero-order valence-electron chi connectivity index (χ0n) is 15.5. The Morgan fingerprint density at radius 2 is 2.04 bits per heavy atom. The maximum atomic E-state index is 12.8. The fourth-order valence-corrected chi connectivity index (χ4v) is 3.56. The predicted octanol–water partition coefficient (Wildman–Crippen LogP) is 4.12. The molecule has 1 aromatic heterocycles. The minimum absolute atomic E-state index is 0.0300. The zero-order valence-corrected chi connectivity index (χ0v) is 16.3. The number of fused-ring (bicyclic) bond motifs is 2. The van der Waals surface area contributed by atoms with E-state index in [-0.39, 0.29) is 11.7 Å². The number of benzene rings is 1. The van der Waals surface area contributed by atoms with Crippen molar-refractivity contribution in [1.29, 1.82) is 0 Å². The van der Waals surface area contributed by atoms with Crippen LogP contribution in [0, 0.1) is 6.92 Å². The van der Waals surface area contributed by atoms with Crippen LogP contribution in [0.15, 0.2) is 30.4 Å². The second-order valence-electron chi connectivity index (χ2n) is 6.61. The topological polar surface area (TPSA) is 71.5 Å². The molecule has 0 fully saturated rings. The van der Waals surface area contributed by atoms with Crippen molar-refractivity contribution >= 4 is 17.5 Å². The molecule has 0 unspecified atom stereocenters. The Morgan fingerprint density at radius 3 is 2.81 bits per heavy atom. The SMILES string of the molecule is COc1nc(C)cc2c1CNC(=O)c1cc(Cl)cc(O)c1C/C=C/CCC2. The van der Waals surface area contributed by atoms with Gasteiger partial charge in [-0.3, -0.25) is 4.79 Å². The molecule has 0 spiro atoms. The number of amides is 1. The summed E-state index contributed by atoms with van der Waals surface area (Å²) in [5, 5.41) is 13.5. The Morgan fingerprint density at radius 1 is 1.22 bits per heavy atom. The first-order valence-corrected chi connectivity index (χ1v) is 9.35. The number of halogens is 1. The van der Waals surface area contributed by atoms with Gasteiger partial charge in [0, 0.05) is 34.0 Å². The minimum atomic E-state index is -0.288. The van der Waals surface area contributed by atoms with E-state index in [2.05, 4.69) is 16.4 Å². The summed E-state index contributed by atoms with van der Waals surface area (Å²) in [6.07, 6.45) is 7.30. The third-order valence-corrected chi connectivity index (χ3v) is 4.89. The van der Waals surface area contributed by atoms with Crippen LogP contribution in [0.2, 0.25) is 5.02 Å². The monoisotopic (exact) mass is 386 g/mol. The van der Waals surface area contributed by atoms with Crippen molar-refractivity contribution in [2.75, 3.05) is 7.11 Å². The average Bonchev–Trinajstić information content (AvgIpc) is 2.64. The molecule has 142 valence electrons. The molecule has 1 aliphatic rings. The van der Waals surface area contributed by atoms with Crippen LogP contribution in [0.5, 0.6) is 11.6 Å². The van der Waals surface area contributed by atoms with Crippen LogP contribution in [0.4, 0.5) is 0 Å². The number of ether oxygens (including phenoxy) is 1. The molecule has 1 aromatic carbocycles. The van der Waals surface area contributed by atoms with Gasteiger partial charge in [-0.1, -0.05) is 23.8 Å². The fraction of sp³-hybridized carbons (Fsp3) is 0.333. The Kier molecular flexibility index (Phi) is 6.01. The lowest BCUT2D eigenvalue weighted by Gasteiger charge is -2.16. The number of pyridine rings is 1. The van der Waals surface area contributed by atoms with Crippen molar-refractivity contribution in [3.8, 4) is 11.6 Å². The van der Waals surface area contributed by atoms with Crippen molar-refractivity contribution in [1.82, 2.24) is 10.3 Å².